The summed E-state index contributed by atoms with van der Waals surface area (Å²) in [5, 5.41) is 23.3. The molecule has 0 radical (unpaired) electrons. The maximum atomic E-state index is 13.3. The van der Waals surface area contributed by atoms with E-state index in [1.165, 1.54) is 37.5 Å². The number of anilines is 1. The Morgan fingerprint density at radius 1 is 1.16 bits per heavy atom. The van der Waals surface area contributed by atoms with Gasteiger partial charge in [-0.05, 0) is 77.5 Å². The third kappa shape index (κ3) is 5.88. The summed E-state index contributed by atoms with van der Waals surface area (Å²) >= 11 is 5.99. The second-order valence-electron chi connectivity index (χ2n) is 8.18. The molecule has 1 heterocycles. The van der Waals surface area contributed by atoms with Crippen LogP contribution in [-0.2, 0) is 11.3 Å². The molecule has 192 valence electrons. The summed E-state index contributed by atoms with van der Waals surface area (Å²) in [6, 6.07) is 19.5. The number of amides is 1. The lowest BCUT2D eigenvalue weighted by molar-refractivity contribution is -0.117. The number of nitroso groups, excluding NO2 is 1. The predicted octanol–water partition coefficient (Wildman–Crippen LogP) is 3.26. The van der Waals surface area contributed by atoms with Gasteiger partial charge < -0.3 is 20.1 Å². The zero-order chi connectivity index (χ0) is 27.2. The maximum absolute atomic E-state index is 13.3. The zero-order valence-electron chi connectivity index (χ0n) is 20.1. The highest BCUT2D eigenvalue weighted by atomic mass is 35.5. The monoisotopic (exact) mass is 532 g/mol. The first kappa shape index (κ1) is 26.1. The van der Waals surface area contributed by atoms with Crippen LogP contribution in [0.4, 0.5) is 11.4 Å². The van der Waals surface area contributed by atoms with Crippen LogP contribution < -0.4 is 21.2 Å². The minimum absolute atomic E-state index is 0.0135. The number of imidazole rings is 1. The molecule has 0 aliphatic rings. The van der Waals surface area contributed by atoms with Crippen molar-refractivity contribution in [2.75, 3.05) is 12.4 Å². The Labute approximate surface area is 221 Å². The largest absolute Gasteiger partial charge is 0.497 e. The van der Waals surface area contributed by atoms with Crippen LogP contribution in [-0.4, -0.2) is 33.4 Å². The number of aromatic hydroxyl groups is 1. The molecule has 11 heteroatoms. The number of hydrogen-bond donors (Lipinski definition) is 4. The molecule has 0 unspecified atom stereocenters. The van der Waals surface area contributed by atoms with E-state index in [1.54, 1.807) is 48.5 Å². The highest BCUT2D eigenvalue weighted by molar-refractivity contribution is 6.32. The number of ether oxygens (including phenoxy) is 1. The van der Waals surface area contributed by atoms with E-state index in [9.17, 15) is 19.6 Å². The van der Waals surface area contributed by atoms with Crippen LogP contribution in [0.25, 0.3) is 6.08 Å². The van der Waals surface area contributed by atoms with Crippen LogP contribution in [0.3, 0.4) is 0 Å². The van der Waals surface area contributed by atoms with E-state index in [0.29, 0.717) is 22.0 Å². The number of aromatic nitrogens is 2. The Balaban J connectivity index is 1.72. The van der Waals surface area contributed by atoms with Crippen LogP contribution in [0.1, 0.15) is 16.8 Å². The van der Waals surface area contributed by atoms with E-state index in [1.807, 2.05) is 0 Å². The van der Waals surface area contributed by atoms with Crippen LogP contribution in [0.15, 0.2) is 88.3 Å². The molecule has 0 bridgehead atoms. The number of nitrogens with two attached hydrogens (primary N) is 1. The number of hydrogen-bond acceptors (Lipinski definition) is 6. The van der Waals surface area contributed by atoms with Gasteiger partial charge in [-0.3, -0.25) is 14.8 Å². The summed E-state index contributed by atoms with van der Waals surface area (Å²) < 4.78 is 6.34. The lowest BCUT2D eigenvalue weighted by Gasteiger charge is -2.09. The summed E-state index contributed by atoms with van der Waals surface area (Å²) in [6.45, 7) is 0.0568. The normalized spacial score (nSPS) is 11.2. The number of nitrogens with zero attached hydrogens (tertiary/aromatic N) is 2. The van der Waals surface area contributed by atoms with Gasteiger partial charge in [0.25, 0.3) is 5.91 Å². The number of halogens is 1. The molecule has 1 amide bonds. The van der Waals surface area contributed by atoms with Gasteiger partial charge in [0.05, 0.1) is 13.7 Å². The van der Waals surface area contributed by atoms with Crippen molar-refractivity contribution in [2.24, 2.45) is 5.18 Å². The van der Waals surface area contributed by atoms with E-state index in [-0.39, 0.29) is 35.1 Å². The first-order chi connectivity index (χ1) is 18.3. The molecule has 10 nitrogen and oxygen atoms in total. The molecule has 0 aliphatic carbocycles. The Bertz CT molecular complexity index is 1590. The first-order valence-corrected chi connectivity index (χ1v) is 11.7. The number of nitrogens with one attached hydrogen (secondary N) is 2. The minimum Gasteiger partial charge on any atom is -0.497 e. The van der Waals surface area contributed by atoms with E-state index in [4.69, 9.17) is 21.7 Å². The molecule has 4 rings (SSSR count). The van der Waals surface area contributed by atoms with E-state index >= 15 is 0 Å². The molecule has 0 saturated heterocycles. The number of H-pyrrole nitrogens is 1. The molecule has 0 aliphatic heterocycles. The number of methoxy groups -OCH3 is 1. The average molecular weight is 533 g/mol. The molecule has 38 heavy (non-hydrogen) atoms. The van der Waals surface area contributed by atoms with Gasteiger partial charge in [0.1, 0.15) is 22.7 Å². The summed E-state index contributed by atoms with van der Waals surface area (Å²) in [5.74, 6) is -0.398. The van der Waals surface area contributed by atoms with Crippen LogP contribution >= 0.6 is 11.6 Å². The first-order valence-electron chi connectivity index (χ1n) is 11.3. The van der Waals surface area contributed by atoms with Gasteiger partial charge in [0, 0.05) is 16.3 Å². The number of carbonyl (C=O) groups excluding carboxylic acids is 1. The van der Waals surface area contributed by atoms with Gasteiger partial charge in [-0.1, -0.05) is 23.7 Å². The topological polar surface area (TPSA) is 151 Å². The van der Waals surface area contributed by atoms with Crippen molar-refractivity contribution >= 4 is 40.7 Å². The molecule has 0 fully saturated rings. The summed E-state index contributed by atoms with van der Waals surface area (Å²) in [5.41, 5.74) is 1.24. The fraction of sp³-hybridized carbons (Fsp3) is 0.0741. The lowest BCUT2D eigenvalue weighted by atomic mass is 10.0. The van der Waals surface area contributed by atoms with Crippen molar-refractivity contribution in [3.63, 3.8) is 0 Å². The van der Waals surface area contributed by atoms with Crippen LogP contribution in [0, 0.1) is 4.91 Å². The average Bonchev–Trinajstić information content (AvgIpc) is 3.19. The Morgan fingerprint density at radius 3 is 2.53 bits per heavy atom. The second kappa shape index (κ2) is 11.4. The molecule has 0 spiro atoms. The third-order valence-corrected chi connectivity index (χ3v) is 5.92. The Morgan fingerprint density at radius 2 is 1.87 bits per heavy atom. The molecule has 0 saturated carbocycles. The van der Waals surface area contributed by atoms with Gasteiger partial charge in [-0.2, -0.15) is 0 Å². The SMILES string of the molecule is COc1cccc(Cn2c(O)c(/C=C(/C(=[NH2+])c3ccc(Cl)cc3)C(=O)Nc3ccc(N=O)cc3)[nH]c2=O)c1. The van der Waals surface area contributed by atoms with Crippen molar-refractivity contribution in [3.05, 3.63) is 116 Å². The second-order valence-corrected chi connectivity index (χ2v) is 8.61. The van der Waals surface area contributed by atoms with Crippen molar-refractivity contribution < 1.29 is 20.0 Å². The quantitative estimate of drug-likeness (QED) is 0.148. The highest BCUT2D eigenvalue weighted by Crippen LogP contribution is 2.23. The van der Waals surface area contributed by atoms with Crippen LogP contribution in [0.2, 0.25) is 5.02 Å². The van der Waals surface area contributed by atoms with Gasteiger partial charge in [-0.15, -0.1) is 4.91 Å². The smallest absolute Gasteiger partial charge is 0.329 e. The van der Waals surface area contributed by atoms with Crippen molar-refractivity contribution in [3.8, 4) is 11.6 Å². The fourth-order valence-corrected chi connectivity index (χ4v) is 3.81. The maximum Gasteiger partial charge on any atom is 0.329 e. The van der Waals surface area contributed by atoms with Crippen LogP contribution in [0.5, 0.6) is 11.6 Å². The molecule has 5 N–H and O–H groups in total. The summed E-state index contributed by atoms with van der Waals surface area (Å²) in [6.07, 6.45) is 1.29. The minimum atomic E-state index is -0.620. The Kier molecular flexibility index (Phi) is 7.83. The van der Waals surface area contributed by atoms with E-state index in [0.717, 1.165) is 10.1 Å². The number of carbonyl (C=O) groups is 1. The number of aromatic amines is 1. The van der Waals surface area contributed by atoms with Crippen molar-refractivity contribution in [1.82, 2.24) is 9.55 Å². The predicted molar refractivity (Wildman–Crippen MR) is 145 cm³/mol. The standard InChI is InChI=1S/C27H22ClN5O5/c1-38-21-4-2-3-16(13-21)15-33-26(35)23(31-27(33)36)14-22(24(29)17-5-7-18(28)8-6-17)25(34)30-19-9-11-20(32-37)12-10-19/h2-14,29,35H,15H2,1H3,(H,30,34)(H,31,36)/p+1/b22-14-,29-24?. The number of benzene rings is 3. The zero-order valence-corrected chi connectivity index (χ0v) is 20.9. The molecule has 0 atom stereocenters. The number of rotatable bonds is 9. The molecular weight excluding hydrogens is 510 g/mol. The van der Waals surface area contributed by atoms with Crippen molar-refractivity contribution in [2.45, 2.75) is 6.54 Å². The molecule has 3 aromatic carbocycles. The fourth-order valence-electron chi connectivity index (χ4n) is 3.68. The van der Waals surface area contributed by atoms with E-state index < -0.39 is 11.6 Å². The summed E-state index contributed by atoms with van der Waals surface area (Å²) in [4.78, 5) is 39.3. The van der Waals surface area contributed by atoms with E-state index in [2.05, 4.69) is 15.5 Å². The van der Waals surface area contributed by atoms with Gasteiger partial charge in [0.15, 0.2) is 0 Å². The third-order valence-electron chi connectivity index (χ3n) is 5.67. The van der Waals surface area contributed by atoms with Gasteiger partial charge in [0.2, 0.25) is 11.6 Å². The summed E-state index contributed by atoms with van der Waals surface area (Å²) in [7, 11) is 1.53. The van der Waals surface area contributed by atoms with Gasteiger partial charge in [-0.25, -0.2) is 4.79 Å². The lowest BCUT2D eigenvalue weighted by Crippen LogP contribution is -2.44. The molecular formula is C27H23ClN5O5+. The van der Waals surface area contributed by atoms with Crippen molar-refractivity contribution in [1.29, 1.82) is 0 Å². The molecule has 4 aromatic rings. The van der Waals surface area contributed by atoms with Gasteiger partial charge >= 0.3 is 5.69 Å². The molecule has 1 aromatic heterocycles. The Hall–Kier alpha value is -4.96. The highest BCUT2D eigenvalue weighted by Gasteiger charge is 2.24.